The first-order valence-electron chi connectivity index (χ1n) is 18.5. The minimum Gasteiger partial charge on any atom is -0.457 e. The van der Waals surface area contributed by atoms with Crippen LogP contribution in [0.25, 0.3) is 52.8 Å². The standard InChI is InChI=1S/C51H31NOS/c1-2-15-34(16-3-1)52(36-25-28-39-41-27-24-32-12-4-5-17-37(32)50(41)54-48(39)31-36)35-26-29-47-45(30-35)51(43-21-8-9-23-46(43)53-47)42-20-7-6-18-38(42)40-19-10-13-33-14-11-22-44(51)49(33)40/h1-31H. The highest BCUT2D eigenvalue weighted by atomic mass is 32.1. The van der Waals surface area contributed by atoms with Crippen LogP contribution in [0.5, 0.6) is 11.5 Å². The van der Waals surface area contributed by atoms with Crippen molar-refractivity contribution in [2.45, 2.75) is 5.41 Å². The van der Waals surface area contributed by atoms with Crippen molar-refractivity contribution in [3.8, 4) is 22.6 Å². The van der Waals surface area contributed by atoms with Gasteiger partial charge < -0.3 is 9.64 Å². The molecule has 0 radical (unpaired) electrons. The topological polar surface area (TPSA) is 12.5 Å². The maximum absolute atomic E-state index is 6.86. The molecule has 1 aromatic heterocycles. The molecule has 0 saturated carbocycles. The third kappa shape index (κ3) is 3.99. The molecule has 9 aromatic carbocycles. The molecule has 3 heteroatoms. The fourth-order valence-corrected chi connectivity index (χ4v) is 10.7. The molecule has 1 unspecified atom stereocenters. The van der Waals surface area contributed by atoms with E-state index in [0.29, 0.717) is 0 Å². The van der Waals surface area contributed by atoms with Crippen LogP contribution in [0, 0.1) is 0 Å². The average Bonchev–Trinajstić information content (AvgIpc) is 3.61. The van der Waals surface area contributed by atoms with Gasteiger partial charge in [0, 0.05) is 48.4 Å². The second kappa shape index (κ2) is 11.2. The average molecular weight is 706 g/mol. The summed E-state index contributed by atoms with van der Waals surface area (Å²) in [7, 11) is 0. The highest BCUT2D eigenvalue weighted by molar-refractivity contribution is 7.26. The van der Waals surface area contributed by atoms with Crippen LogP contribution in [-0.4, -0.2) is 0 Å². The van der Waals surface area contributed by atoms with Gasteiger partial charge in [0.2, 0.25) is 0 Å². The van der Waals surface area contributed by atoms with Crippen molar-refractivity contribution in [2.24, 2.45) is 0 Å². The lowest BCUT2D eigenvalue weighted by Gasteiger charge is -2.45. The van der Waals surface area contributed by atoms with Gasteiger partial charge in [-0.1, -0.05) is 140 Å². The van der Waals surface area contributed by atoms with Crippen molar-refractivity contribution < 1.29 is 4.74 Å². The van der Waals surface area contributed by atoms with E-state index < -0.39 is 5.41 Å². The van der Waals surface area contributed by atoms with E-state index in [9.17, 15) is 0 Å². The van der Waals surface area contributed by atoms with Gasteiger partial charge in [-0.05, 0) is 92.3 Å². The third-order valence-corrected chi connectivity index (χ3v) is 12.9. The lowest BCUT2D eigenvalue weighted by atomic mass is 9.58. The summed E-state index contributed by atoms with van der Waals surface area (Å²) in [5, 5.41) is 7.73. The minimum atomic E-state index is -0.608. The van der Waals surface area contributed by atoms with Crippen molar-refractivity contribution in [2.75, 3.05) is 4.90 Å². The Hall–Kier alpha value is -6.68. The number of fused-ring (bicyclic) bond motifs is 13. The van der Waals surface area contributed by atoms with E-state index in [-0.39, 0.29) is 0 Å². The number of thiophene rings is 1. The van der Waals surface area contributed by atoms with Gasteiger partial charge >= 0.3 is 0 Å². The zero-order chi connectivity index (χ0) is 35.4. The first kappa shape index (κ1) is 29.9. The molecule has 1 spiro atoms. The Morgan fingerprint density at radius 3 is 2.00 bits per heavy atom. The predicted molar refractivity (Wildman–Crippen MR) is 226 cm³/mol. The Kier molecular flexibility index (Phi) is 6.17. The molecule has 2 aliphatic rings. The fraction of sp³-hybridized carbons (Fsp3) is 0.0196. The van der Waals surface area contributed by atoms with Crippen molar-refractivity contribution in [3.63, 3.8) is 0 Å². The molecule has 252 valence electrons. The first-order chi connectivity index (χ1) is 26.8. The highest BCUT2D eigenvalue weighted by Gasteiger charge is 2.49. The van der Waals surface area contributed by atoms with Crippen LogP contribution in [0.4, 0.5) is 17.1 Å². The summed E-state index contributed by atoms with van der Waals surface area (Å²) < 4.78 is 9.47. The Morgan fingerprint density at radius 2 is 1.07 bits per heavy atom. The monoisotopic (exact) mass is 705 g/mol. The van der Waals surface area contributed by atoms with Gasteiger partial charge in [0.15, 0.2) is 0 Å². The van der Waals surface area contributed by atoms with Crippen LogP contribution < -0.4 is 9.64 Å². The van der Waals surface area contributed by atoms with E-state index in [4.69, 9.17) is 4.74 Å². The van der Waals surface area contributed by atoms with Gasteiger partial charge in [-0.3, -0.25) is 0 Å². The molecule has 0 fully saturated rings. The molecule has 0 N–H and O–H groups in total. The lowest BCUT2D eigenvalue weighted by Crippen LogP contribution is -2.36. The molecule has 2 nitrogen and oxygen atoms in total. The van der Waals surface area contributed by atoms with Crippen LogP contribution in [0.15, 0.2) is 188 Å². The van der Waals surface area contributed by atoms with Crippen molar-refractivity contribution in [1.82, 2.24) is 0 Å². The van der Waals surface area contributed by atoms with E-state index in [1.165, 1.54) is 64.0 Å². The fourth-order valence-electron chi connectivity index (χ4n) is 9.47. The number of hydrogen-bond acceptors (Lipinski definition) is 3. The molecule has 0 bridgehead atoms. The van der Waals surface area contributed by atoms with Gasteiger partial charge in [-0.25, -0.2) is 0 Å². The van der Waals surface area contributed by atoms with Crippen molar-refractivity contribution >= 4 is 70.1 Å². The molecule has 12 rings (SSSR count). The van der Waals surface area contributed by atoms with Crippen molar-refractivity contribution in [1.29, 1.82) is 0 Å². The van der Waals surface area contributed by atoms with Gasteiger partial charge in [-0.2, -0.15) is 0 Å². The van der Waals surface area contributed by atoms with Crippen molar-refractivity contribution in [3.05, 3.63) is 210 Å². The van der Waals surface area contributed by atoms with E-state index in [0.717, 1.165) is 39.7 Å². The second-order valence-electron chi connectivity index (χ2n) is 14.4. The molecule has 0 amide bonds. The first-order valence-corrected chi connectivity index (χ1v) is 19.3. The Labute approximate surface area is 316 Å². The highest BCUT2D eigenvalue weighted by Crippen LogP contribution is 2.61. The summed E-state index contributed by atoms with van der Waals surface area (Å²) in [6.45, 7) is 0. The largest absolute Gasteiger partial charge is 0.457 e. The number of hydrogen-bond donors (Lipinski definition) is 0. The van der Waals surface area contributed by atoms with E-state index in [1.807, 2.05) is 11.3 Å². The maximum Gasteiger partial charge on any atom is 0.132 e. The lowest BCUT2D eigenvalue weighted by molar-refractivity contribution is 0.435. The Balaban J connectivity index is 1.14. The summed E-state index contributed by atoms with van der Waals surface area (Å²) >= 11 is 1.88. The summed E-state index contributed by atoms with van der Waals surface area (Å²) in [6, 6.07) is 68.9. The summed E-state index contributed by atoms with van der Waals surface area (Å²) in [5.74, 6) is 1.77. The van der Waals surface area contributed by atoms with Crippen LogP contribution >= 0.6 is 11.3 Å². The van der Waals surface area contributed by atoms with E-state index >= 15 is 0 Å². The number of nitrogens with zero attached hydrogens (tertiary/aromatic N) is 1. The van der Waals surface area contributed by atoms with Crippen LogP contribution in [0.3, 0.4) is 0 Å². The molecule has 0 saturated heterocycles. The summed E-state index contributed by atoms with van der Waals surface area (Å²) in [6.07, 6.45) is 0. The normalized spacial score (nSPS) is 15.3. The quantitative estimate of drug-likeness (QED) is 0.181. The van der Waals surface area contributed by atoms with Gasteiger partial charge in [0.25, 0.3) is 0 Å². The summed E-state index contributed by atoms with van der Waals surface area (Å²) in [5.41, 5.74) is 10.1. The molecular weight excluding hydrogens is 675 g/mol. The Morgan fingerprint density at radius 1 is 0.407 bits per heavy atom. The van der Waals surface area contributed by atoms with E-state index in [2.05, 4.69) is 193 Å². The van der Waals surface area contributed by atoms with Gasteiger partial charge in [-0.15, -0.1) is 11.3 Å². The zero-order valence-corrected chi connectivity index (χ0v) is 30.0. The number of rotatable bonds is 3. The zero-order valence-electron chi connectivity index (χ0n) is 29.2. The summed E-state index contributed by atoms with van der Waals surface area (Å²) in [4.78, 5) is 2.40. The molecule has 1 atom stereocenters. The van der Waals surface area contributed by atoms with Crippen LogP contribution in [-0.2, 0) is 5.41 Å². The minimum absolute atomic E-state index is 0.608. The van der Waals surface area contributed by atoms with Crippen LogP contribution in [0.1, 0.15) is 22.3 Å². The molecule has 10 aromatic rings. The Bertz CT molecular complexity index is 3160. The second-order valence-corrected chi connectivity index (χ2v) is 15.5. The SMILES string of the molecule is c1ccc(N(c2ccc3c(c2)C2(c4ccccc4O3)c3ccccc3-c3cccc4cccc2c34)c2ccc3c(c2)sc2c4ccccc4ccc32)cc1. The number of para-hydroxylation sites is 2. The molecule has 2 heterocycles. The number of anilines is 3. The van der Waals surface area contributed by atoms with E-state index in [1.54, 1.807) is 0 Å². The molecule has 1 aliphatic carbocycles. The van der Waals surface area contributed by atoms with Gasteiger partial charge in [0.1, 0.15) is 11.5 Å². The van der Waals surface area contributed by atoms with Gasteiger partial charge in [0.05, 0.1) is 5.41 Å². The molecule has 1 aliphatic heterocycles. The maximum atomic E-state index is 6.86. The van der Waals surface area contributed by atoms with Crippen LogP contribution in [0.2, 0.25) is 0 Å². The molecule has 54 heavy (non-hydrogen) atoms. The number of ether oxygens (including phenoxy) is 1. The molecular formula is C51H31NOS. The third-order valence-electron chi connectivity index (χ3n) is 11.7. The predicted octanol–water partition coefficient (Wildman–Crippen LogP) is 14.3. The smallest absolute Gasteiger partial charge is 0.132 e. The number of benzene rings is 9.